The summed E-state index contributed by atoms with van der Waals surface area (Å²) in [5, 5.41) is 14.6. The largest absolute Gasteiger partial charge is 0.480 e. The molecule has 7 heteroatoms. The van der Waals surface area contributed by atoms with Crippen LogP contribution in [0.1, 0.15) is 15.9 Å². The Balaban J connectivity index is 1.89. The van der Waals surface area contributed by atoms with Gasteiger partial charge in [0.25, 0.3) is 5.91 Å². The van der Waals surface area contributed by atoms with Crippen molar-refractivity contribution in [1.29, 1.82) is 0 Å². The number of benzene rings is 2. The molecule has 2 aromatic rings. The first-order valence-electron chi connectivity index (χ1n) is 7.55. The normalized spacial score (nSPS) is 11.4. The Labute approximate surface area is 149 Å². The molecule has 0 heterocycles. The van der Waals surface area contributed by atoms with Crippen LogP contribution in [0.5, 0.6) is 0 Å². The summed E-state index contributed by atoms with van der Waals surface area (Å²) in [5.74, 6) is -2.15. The van der Waals surface area contributed by atoms with Crippen molar-refractivity contribution >= 4 is 29.4 Å². The zero-order valence-corrected chi connectivity index (χ0v) is 14.0. The van der Waals surface area contributed by atoms with Gasteiger partial charge in [0.1, 0.15) is 6.04 Å². The van der Waals surface area contributed by atoms with Gasteiger partial charge < -0.3 is 15.7 Å². The molecule has 0 spiro atoms. The van der Waals surface area contributed by atoms with E-state index in [4.69, 9.17) is 11.6 Å². The minimum absolute atomic E-state index is 0.0915. The van der Waals surface area contributed by atoms with Gasteiger partial charge >= 0.3 is 5.97 Å². The number of rotatable bonds is 7. The number of carboxylic acids is 1. The predicted molar refractivity (Wildman–Crippen MR) is 93.5 cm³/mol. The smallest absolute Gasteiger partial charge is 0.326 e. The lowest BCUT2D eigenvalue weighted by Gasteiger charge is -2.15. The van der Waals surface area contributed by atoms with Crippen LogP contribution in [0.2, 0.25) is 5.02 Å². The summed E-state index contributed by atoms with van der Waals surface area (Å²) in [5.41, 5.74) is 1.11. The fraction of sp³-hybridized carbons (Fsp3) is 0.167. The molecule has 0 saturated carbocycles. The number of halogens is 1. The molecule has 0 aromatic heterocycles. The summed E-state index contributed by atoms with van der Waals surface area (Å²) in [6.07, 6.45) is 0.0915. The molecule has 2 rings (SSSR count). The number of hydrogen-bond donors (Lipinski definition) is 3. The van der Waals surface area contributed by atoms with Crippen LogP contribution in [0.15, 0.2) is 54.6 Å². The van der Waals surface area contributed by atoms with Crippen LogP contribution in [0.25, 0.3) is 0 Å². The number of nitrogens with one attached hydrogen (secondary N) is 2. The third-order valence-corrected chi connectivity index (χ3v) is 3.64. The SMILES string of the molecule is O=C(CNC(=O)c1ccccc1)N[C@H](Cc1cccc(Cl)c1)C(=O)O. The molecule has 1 atom stereocenters. The minimum atomic E-state index is -1.16. The second-order valence-corrected chi connectivity index (χ2v) is 5.78. The summed E-state index contributed by atoms with van der Waals surface area (Å²) < 4.78 is 0. The summed E-state index contributed by atoms with van der Waals surface area (Å²) in [4.78, 5) is 35.2. The summed E-state index contributed by atoms with van der Waals surface area (Å²) >= 11 is 5.87. The Morgan fingerprint density at radius 1 is 1.04 bits per heavy atom. The van der Waals surface area contributed by atoms with E-state index in [1.165, 1.54) is 0 Å². The lowest BCUT2D eigenvalue weighted by atomic mass is 10.1. The van der Waals surface area contributed by atoms with Crippen LogP contribution in [-0.4, -0.2) is 35.5 Å². The number of amides is 2. The Bertz CT molecular complexity index is 765. The molecule has 0 bridgehead atoms. The van der Waals surface area contributed by atoms with E-state index in [1.54, 1.807) is 54.6 Å². The van der Waals surface area contributed by atoms with Crippen molar-refractivity contribution in [1.82, 2.24) is 10.6 Å². The molecular weight excluding hydrogens is 344 g/mol. The first-order chi connectivity index (χ1) is 12.0. The first kappa shape index (κ1) is 18.5. The first-order valence-corrected chi connectivity index (χ1v) is 7.93. The van der Waals surface area contributed by atoms with E-state index >= 15 is 0 Å². The topological polar surface area (TPSA) is 95.5 Å². The van der Waals surface area contributed by atoms with E-state index in [0.717, 1.165) is 0 Å². The fourth-order valence-corrected chi connectivity index (χ4v) is 2.41. The van der Waals surface area contributed by atoms with Gasteiger partial charge in [-0.1, -0.05) is 41.9 Å². The highest BCUT2D eigenvalue weighted by molar-refractivity contribution is 6.30. The highest BCUT2D eigenvalue weighted by Crippen LogP contribution is 2.12. The van der Waals surface area contributed by atoms with Gasteiger partial charge in [0, 0.05) is 17.0 Å². The number of carbonyl (C=O) groups excluding carboxylic acids is 2. The average molecular weight is 361 g/mol. The van der Waals surface area contributed by atoms with E-state index in [9.17, 15) is 19.5 Å². The van der Waals surface area contributed by atoms with Gasteiger partial charge in [0.05, 0.1) is 6.54 Å². The number of aliphatic carboxylic acids is 1. The Hall–Kier alpha value is -2.86. The Kier molecular flexibility index (Phi) is 6.54. The number of hydrogen-bond acceptors (Lipinski definition) is 3. The van der Waals surface area contributed by atoms with Crippen LogP contribution in [0, 0.1) is 0 Å². The second-order valence-electron chi connectivity index (χ2n) is 5.34. The summed E-state index contributed by atoms with van der Waals surface area (Å²) in [6, 6.07) is 14.1. The number of carbonyl (C=O) groups is 3. The van der Waals surface area contributed by atoms with Crippen molar-refractivity contribution in [2.24, 2.45) is 0 Å². The van der Waals surface area contributed by atoms with E-state index in [1.807, 2.05) is 0 Å². The van der Waals surface area contributed by atoms with Gasteiger partial charge in [-0.15, -0.1) is 0 Å². The molecule has 25 heavy (non-hydrogen) atoms. The van der Waals surface area contributed by atoms with Crippen LogP contribution < -0.4 is 10.6 Å². The monoisotopic (exact) mass is 360 g/mol. The molecule has 2 aromatic carbocycles. The quantitative estimate of drug-likeness (QED) is 0.702. The lowest BCUT2D eigenvalue weighted by Crippen LogP contribution is -2.46. The van der Waals surface area contributed by atoms with Gasteiger partial charge in [-0.3, -0.25) is 9.59 Å². The van der Waals surface area contributed by atoms with Crippen molar-refractivity contribution in [3.63, 3.8) is 0 Å². The van der Waals surface area contributed by atoms with E-state index in [2.05, 4.69) is 10.6 Å². The van der Waals surface area contributed by atoms with Crippen molar-refractivity contribution < 1.29 is 19.5 Å². The van der Waals surface area contributed by atoms with Crippen LogP contribution >= 0.6 is 11.6 Å². The molecule has 0 aliphatic carbocycles. The van der Waals surface area contributed by atoms with Crippen molar-refractivity contribution in [2.75, 3.05) is 6.54 Å². The molecule has 0 saturated heterocycles. The summed E-state index contributed by atoms with van der Waals surface area (Å²) in [6.45, 7) is -0.312. The van der Waals surface area contributed by atoms with Crippen LogP contribution in [-0.2, 0) is 16.0 Å². The third kappa shape index (κ3) is 5.93. The second kappa shape index (κ2) is 8.84. The maximum atomic E-state index is 11.9. The molecule has 0 aliphatic heterocycles. The van der Waals surface area contributed by atoms with Crippen LogP contribution in [0.4, 0.5) is 0 Å². The molecule has 3 N–H and O–H groups in total. The lowest BCUT2D eigenvalue weighted by molar-refractivity contribution is -0.141. The Morgan fingerprint density at radius 3 is 2.40 bits per heavy atom. The van der Waals surface area contributed by atoms with Crippen molar-refractivity contribution in [3.05, 3.63) is 70.7 Å². The predicted octanol–water partition coefficient (Wildman–Crippen LogP) is 1.88. The van der Waals surface area contributed by atoms with Crippen molar-refractivity contribution in [2.45, 2.75) is 12.5 Å². The molecule has 2 amide bonds. The minimum Gasteiger partial charge on any atom is -0.480 e. The van der Waals surface area contributed by atoms with Crippen LogP contribution in [0.3, 0.4) is 0 Å². The average Bonchev–Trinajstić information content (AvgIpc) is 2.60. The molecule has 6 nitrogen and oxygen atoms in total. The highest BCUT2D eigenvalue weighted by atomic mass is 35.5. The molecule has 0 fully saturated rings. The van der Waals surface area contributed by atoms with Gasteiger partial charge in [-0.25, -0.2) is 4.79 Å². The van der Waals surface area contributed by atoms with E-state index < -0.39 is 23.8 Å². The molecular formula is C18H17ClN2O4. The number of carboxylic acid groups (broad SMARTS) is 1. The van der Waals surface area contributed by atoms with Gasteiger partial charge in [-0.05, 0) is 29.8 Å². The fourth-order valence-electron chi connectivity index (χ4n) is 2.20. The van der Waals surface area contributed by atoms with Gasteiger partial charge in [-0.2, -0.15) is 0 Å². The third-order valence-electron chi connectivity index (χ3n) is 3.41. The van der Waals surface area contributed by atoms with E-state index in [-0.39, 0.29) is 13.0 Å². The molecule has 130 valence electrons. The van der Waals surface area contributed by atoms with Gasteiger partial charge in [0.15, 0.2) is 0 Å². The van der Waals surface area contributed by atoms with Crippen molar-refractivity contribution in [3.8, 4) is 0 Å². The van der Waals surface area contributed by atoms with Gasteiger partial charge in [0.2, 0.25) is 5.91 Å². The zero-order chi connectivity index (χ0) is 18.2. The molecule has 0 aliphatic rings. The highest BCUT2D eigenvalue weighted by Gasteiger charge is 2.20. The summed E-state index contributed by atoms with van der Waals surface area (Å²) in [7, 11) is 0. The van der Waals surface area contributed by atoms with E-state index in [0.29, 0.717) is 16.1 Å². The zero-order valence-electron chi connectivity index (χ0n) is 13.2. The standard InChI is InChI=1S/C18H17ClN2O4/c19-14-8-4-5-12(9-14)10-15(18(24)25)21-16(22)11-20-17(23)13-6-2-1-3-7-13/h1-9,15H,10-11H2,(H,20,23)(H,21,22)(H,24,25)/t15-/m1/s1. The molecule has 0 radical (unpaired) electrons. The maximum Gasteiger partial charge on any atom is 0.326 e. The maximum absolute atomic E-state index is 11.9. The Morgan fingerprint density at radius 2 is 1.76 bits per heavy atom. The molecule has 0 unspecified atom stereocenters.